The highest BCUT2D eigenvalue weighted by Crippen LogP contribution is 2.37. The molecule has 0 amide bonds. The lowest BCUT2D eigenvalue weighted by molar-refractivity contribution is -0.163. The highest BCUT2D eigenvalue weighted by molar-refractivity contribution is 5.00. The highest BCUT2D eigenvalue weighted by atomic mass is 16.8. The second kappa shape index (κ2) is 2.42. The van der Waals surface area contributed by atoms with Gasteiger partial charge in [-0.05, 0) is 20.3 Å². The number of hydrogen-bond acceptors (Lipinski definition) is 4. The molecule has 2 fully saturated rings. The van der Waals surface area contributed by atoms with Crippen LogP contribution < -0.4 is 5.73 Å². The first-order chi connectivity index (χ1) is 5.49. The van der Waals surface area contributed by atoms with E-state index in [4.69, 9.17) is 15.2 Å². The van der Waals surface area contributed by atoms with Crippen LogP contribution in [0.1, 0.15) is 20.3 Å². The molecule has 0 aromatic rings. The molecular weight excluding hydrogens is 158 g/mol. The normalized spacial score (nSPS) is 51.0. The maximum atomic E-state index is 9.52. The van der Waals surface area contributed by atoms with Crippen LogP contribution in [-0.4, -0.2) is 35.2 Å². The van der Waals surface area contributed by atoms with Crippen LogP contribution in [0.3, 0.4) is 0 Å². The first-order valence-electron chi connectivity index (χ1n) is 4.29. The number of ether oxygens (including phenoxy) is 2. The Labute approximate surface area is 71.6 Å². The Morgan fingerprint density at radius 1 is 1.33 bits per heavy atom. The van der Waals surface area contributed by atoms with Gasteiger partial charge in [-0.15, -0.1) is 0 Å². The van der Waals surface area contributed by atoms with Crippen molar-refractivity contribution in [3.8, 4) is 0 Å². The SMILES string of the molecule is CC1(C)O[C@H]2[C@H](O1)[C@@H](O)C[C@H]2N. The van der Waals surface area contributed by atoms with E-state index in [2.05, 4.69) is 0 Å². The Hall–Kier alpha value is -0.160. The third-order valence-electron chi connectivity index (χ3n) is 2.48. The van der Waals surface area contributed by atoms with Crippen LogP contribution in [0.5, 0.6) is 0 Å². The summed E-state index contributed by atoms with van der Waals surface area (Å²) >= 11 is 0. The summed E-state index contributed by atoms with van der Waals surface area (Å²) in [6, 6.07) is -0.0909. The lowest BCUT2D eigenvalue weighted by Crippen LogP contribution is -2.35. The summed E-state index contributed by atoms with van der Waals surface area (Å²) in [7, 11) is 0. The summed E-state index contributed by atoms with van der Waals surface area (Å²) < 4.78 is 11.1. The summed E-state index contributed by atoms with van der Waals surface area (Å²) in [4.78, 5) is 0. The van der Waals surface area contributed by atoms with Gasteiger partial charge in [0.15, 0.2) is 5.79 Å². The number of nitrogens with two attached hydrogens (primary N) is 1. The zero-order chi connectivity index (χ0) is 8.93. The van der Waals surface area contributed by atoms with Crippen LogP contribution in [0.15, 0.2) is 0 Å². The zero-order valence-corrected chi connectivity index (χ0v) is 7.36. The van der Waals surface area contributed by atoms with Crippen LogP contribution in [0.4, 0.5) is 0 Å². The lowest BCUT2D eigenvalue weighted by Gasteiger charge is -2.20. The molecule has 0 unspecified atom stereocenters. The van der Waals surface area contributed by atoms with Crippen molar-refractivity contribution in [3.63, 3.8) is 0 Å². The number of rotatable bonds is 0. The second-order valence-corrected chi connectivity index (χ2v) is 4.03. The van der Waals surface area contributed by atoms with Gasteiger partial charge in [0.05, 0.1) is 6.10 Å². The molecular formula is C8H15NO3. The third-order valence-corrected chi connectivity index (χ3v) is 2.48. The van der Waals surface area contributed by atoms with Gasteiger partial charge < -0.3 is 20.3 Å². The molecule has 1 aliphatic heterocycles. The third kappa shape index (κ3) is 1.15. The summed E-state index contributed by atoms with van der Waals surface area (Å²) in [6.07, 6.45) is -0.248. The van der Waals surface area contributed by atoms with Crippen LogP contribution in [-0.2, 0) is 9.47 Å². The number of aliphatic hydroxyl groups is 1. The number of hydrogen-bond donors (Lipinski definition) is 2. The number of fused-ring (bicyclic) bond motifs is 1. The van der Waals surface area contributed by atoms with Crippen molar-refractivity contribution in [2.45, 2.75) is 50.4 Å². The summed E-state index contributed by atoms with van der Waals surface area (Å²) in [5.41, 5.74) is 5.77. The molecule has 1 saturated heterocycles. The molecule has 4 nitrogen and oxygen atoms in total. The molecule has 1 saturated carbocycles. The lowest BCUT2D eigenvalue weighted by atomic mass is 10.2. The summed E-state index contributed by atoms with van der Waals surface area (Å²) in [5, 5.41) is 9.52. The Morgan fingerprint density at radius 2 is 1.92 bits per heavy atom. The largest absolute Gasteiger partial charge is 0.390 e. The fourth-order valence-corrected chi connectivity index (χ4v) is 1.99. The zero-order valence-electron chi connectivity index (χ0n) is 7.36. The van der Waals surface area contributed by atoms with E-state index in [0.717, 1.165) is 0 Å². The first kappa shape index (κ1) is 8.44. The maximum absolute atomic E-state index is 9.52. The average Bonchev–Trinajstić information content (AvgIpc) is 2.34. The van der Waals surface area contributed by atoms with Crippen molar-refractivity contribution >= 4 is 0 Å². The quantitative estimate of drug-likeness (QED) is 0.523. The summed E-state index contributed by atoms with van der Waals surface area (Å²) in [6.45, 7) is 3.68. The number of aliphatic hydroxyl groups excluding tert-OH is 1. The molecule has 4 atom stereocenters. The molecule has 4 heteroatoms. The minimum absolute atomic E-state index is 0.0909. The Kier molecular flexibility index (Phi) is 1.70. The van der Waals surface area contributed by atoms with Gasteiger partial charge in [0, 0.05) is 6.04 Å². The van der Waals surface area contributed by atoms with Gasteiger partial charge in [0.25, 0.3) is 0 Å². The fourth-order valence-electron chi connectivity index (χ4n) is 1.99. The van der Waals surface area contributed by atoms with Crippen LogP contribution in [0, 0.1) is 0 Å². The van der Waals surface area contributed by atoms with Crippen LogP contribution >= 0.6 is 0 Å². The first-order valence-corrected chi connectivity index (χ1v) is 4.29. The molecule has 0 bridgehead atoms. The molecule has 0 spiro atoms. The molecule has 2 aliphatic rings. The van der Waals surface area contributed by atoms with E-state index in [1.165, 1.54) is 0 Å². The molecule has 2 rings (SSSR count). The van der Waals surface area contributed by atoms with E-state index in [0.29, 0.717) is 6.42 Å². The van der Waals surface area contributed by atoms with Gasteiger partial charge >= 0.3 is 0 Å². The predicted octanol–water partition coefficient (Wildman–Crippen LogP) is -0.402. The van der Waals surface area contributed by atoms with Crippen molar-refractivity contribution in [3.05, 3.63) is 0 Å². The molecule has 3 N–H and O–H groups in total. The van der Waals surface area contributed by atoms with Crippen molar-refractivity contribution in [2.75, 3.05) is 0 Å². The van der Waals surface area contributed by atoms with E-state index in [9.17, 15) is 5.11 Å². The molecule has 1 heterocycles. The Morgan fingerprint density at radius 3 is 2.50 bits per heavy atom. The van der Waals surface area contributed by atoms with E-state index >= 15 is 0 Å². The fraction of sp³-hybridized carbons (Fsp3) is 1.00. The molecule has 0 aromatic heterocycles. The van der Waals surface area contributed by atoms with Gasteiger partial charge in [0.2, 0.25) is 0 Å². The van der Waals surface area contributed by atoms with E-state index in [-0.39, 0.29) is 18.2 Å². The van der Waals surface area contributed by atoms with Gasteiger partial charge in [0.1, 0.15) is 12.2 Å². The highest BCUT2D eigenvalue weighted by Gasteiger charge is 2.52. The monoisotopic (exact) mass is 173 g/mol. The summed E-state index contributed by atoms with van der Waals surface area (Å²) in [5.74, 6) is -0.589. The minimum Gasteiger partial charge on any atom is -0.390 e. The predicted molar refractivity (Wildman–Crippen MR) is 42.4 cm³/mol. The van der Waals surface area contributed by atoms with Crippen molar-refractivity contribution < 1.29 is 14.6 Å². The topological polar surface area (TPSA) is 64.7 Å². The molecule has 0 aromatic carbocycles. The van der Waals surface area contributed by atoms with Gasteiger partial charge in [-0.3, -0.25) is 0 Å². The molecule has 0 radical (unpaired) electrons. The minimum atomic E-state index is -0.589. The van der Waals surface area contributed by atoms with Gasteiger partial charge in [-0.25, -0.2) is 0 Å². The smallest absolute Gasteiger partial charge is 0.163 e. The van der Waals surface area contributed by atoms with E-state index in [1.54, 1.807) is 0 Å². The molecule has 12 heavy (non-hydrogen) atoms. The molecule has 70 valence electrons. The van der Waals surface area contributed by atoms with Gasteiger partial charge in [-0.1, -0.05) is 0 Å². The van der Waals surface area contributed by atoms with Crippen molar-refractivity contribution in [1.82, 2.24) is 0 Å². The Balaban J connectivity index is 2.15. The van der Waals surface area contributed by atoms with Crippen LogP contribution in [0.25, 0.3) is 0 Å². The van der Waals surface area contributed by atoms with Gasteiger partial charge in [-0.2, -0.15) is 0 Å². The van der Waals surface area contributed by atoms with E-state index in [1.807, 2.05) is 13.8 Å². The molecule has 1 aliphatic carbocycles. The Bertz CT molecular complexity index is 177. The van der Waals surface area contributed by atoms with E-state index < -0.39 is 11.9 Å². The average molecular weight is 173 g/mol. The van der Waals surface area contributed by atoms with Crippen molar-refractivity contribution in [1.29, 1.82) is 0 Å². The van der Waals surface area contributed by atoms with Crippen molar-refractivity contribution in [2.24, 2.45) is 5.73 Å². The standard InChI is InChI=1S/C8H15NO3/c1-8(2)11-6-4(9)3-5(10)7(6)12-8/h4-7,10H,3,9H2,1-2H3/t4-,5+,6-,7-/m1/s1. The van der Waals surface area contributed by atoms with Crippen LogP contribution in [0.2, 0.25) is 0 Å². The second-order valence-electron chi connectivity index (χ2n) is 4.03. The maximum Gasteiger partial charge on any atom is 0.163 e.